The van der Waals surface area contributed by atoms with Crippen molar-refractivity contribution in [2.24, 2.45) is 5.92 Å². The van der Waals surface area contributed by atoms with Gasteiger partial charge in [-0.05, 0) is 56.5 Å². The van der Waals surface area contributed by atoms with Crippen LogP contribution < -0.4 is 4.74 Å². The van der Waals surface area contributed by atoms with Crippen molar-refractivity contribution in [3.05, 3.63) is 29.8 Å². The Bertz CT molecular complexity index is 511. The zero-order valence-corrected chi connectivity index (χ0v) is 15.4. The topological polar surface area (TPSA) is 45.2 Å². The van der Waals surface area contributed by atoms with Crippen LogP contribution in [0, 0.1) is 12.8 Å². The van der Waals surface area contributed by atoms with Gasteiger partial charge in [-0.3, -0.25) is 4.90 Å². The fraction of sp³-hybridized carbons (Fsp3) is 0.700. The number of rotatable bonds is 7. The van der Waals surface area contributed by atoms with E-state index in [-0.39, 0.29) is 0 Å². The van der Waals surface area contributed by atoms with Crippen molar-refractivity contribution in [3.63, 3.8) is 0 Å². The van der Waals surface area contributed by atoms with Crippen molar-refractivity contribution in [1.82, 2.24) is 9.80 Å². The van der Waals surface area contributed by atoms with Crippen molar-refractivity contribution < 1.29 is 14.6 Å². The summed E-state index contributed by atoms with van der Waals surface area (Å²) in [5, 5.41) is 10.3. The van der Waals surface area contributed by atoms with E-state index in [2.05, 4.69) is 9.80 Å². The predicted octanol–water partition coefficient (Wildman–Crippen LogP) is 1.78. The lowest BCUT2D eigenvalue weighted by Crippen LogP contribution is -2.44. The van der Waals surface area contributed by atoms with Crippen molar-refractivity contribution in [2.75, 3.05) is 59.1 Å². The van der Waals surface area contributed by atoms with Crippen LogP contribution >= 0.6 is 0 Å². The SMILES string of the molecule is Cc1cccc(OCC(O)CN2CCC(CN3CCOCC3)CC2)c1. The molecule has 5 heteroatoms. The molecule has 0 spiro atoms. The van der Waals surface area contributed by atoms with Gasteiger partial charge in [-0.25, -0.2) is 0 Å². The Morgan fingerprint density at radius 1 is 1.16 bits per heavy atom. The predicted molar refractivity (Wildman–Crippen MR) is 99.1 cm³/mol. The van der Waals surface area contributed by atoms with Crippen LogP contribution in [0.3, 0.4) is 0 Å². The number of piperidine rings is 1. The standard InChI is InChI=1S/C20H32N2O3/c1-17-3-2-4-20(13-17)25-16-19(23)15-21-7-5-18(6-8-21)14-22-9-11-24-12-10-22/h2-4,13,18-19,23H,5-12,14-16H2,1H3. The minimum atomic E-state index is -0.434. The maximum Gasteiger partial charge on any atom is 0.119 e. The molecular formula is C20H32N2O3. The Morgan fingerprint density at radius 3 is 2.64 bits per heavy atom. The maximum atomic E-state index is 10.3. The molecule has 0 bridgehead atoms. The third kappa shape index (κ3) is 6.26. The lowest BCUT2D eigenvalue weighted by molar-refractivity contribution is 0.0191. The molecule has 1 unspecified atom stereocenters. The van der Waals surface area contributed by atoms with E-state index in [0.29, 0.717) is 13.2 Å². The summed E-state index contributed by atoms with van der Waals surface area (Å²) in [7, 11) is 0. The molecule has 1 atom stereocenters. The third-order valence-electron chi connectivity index (χ3n) is 5.23. The lowest BCUT2D eigenvalue weighted by Gasteiger charge is -2.36. The fourth-order valence-electron chi connectivity index (χ4n) is 3.75. The molecule has 2 fully saturated rings. The van der Waals surface area contributed by atoms with Gasteiger partial charge in [0, 0.05) is 26.2 Å². The number of ether oxygens (including phenoxy) is 2. The number of hydrogen-bond acceptors (Lipinski definition) is 5. The average molecular weight is 348 g/mol. The first-order valence-electron chi connectivity index (χ1n) is 9.59. The van der Waals surface area contributed by atoms with Gasteiger partial charge in [-0.15, -0.1) is 0 Å². The molecule has 0 amide bonds. The van der Waals surface area contributed by atoms with Crippen LogP contribution in [0.25, 0.3) is 0 Å². The smallest absolute Gasteiger partial charge is 0.119 e. The van der Waals surface area contributed by atoms with Crippen LogP contribution in [0.4, 0.5) is 0 Å². The van der Waals surface area contributed by atoms with E-state index in [1.807, 2.05) is 31.2 Å². The summed E-state index contributed by atoms with van der Waals surface area (Å²) < 4.78 is 11.1. The van der Waals surface area contributed by atoms with Crippen molar-refractivity contribution in [1.29, 1.82) is 0 Å². The molecule has 140 valence electrons. The molecule has 1 aromatic carbocycles. The molecule has 25 heavy (non-hydrogen) atoms. The zero-order valence-electron chi connectivity index (χ0n) is 15.4. The molecule has 2 aliphatic rings. The van der Waals surface area contributed by atoms with E-state index in [0.717, 1.165) is 51.1 Å². The number of nitrogens with zero attached hydrogens (tertiary/aromatic N) is 2. The Labute approximate surface area is 151 Å². The van der Waals surface area contributed by atoms with E-state index < -0.39 is 6.10 Å². The molecule has 0 aliphatic carbocycles. The first-order chi connectivity index (χ1) is 12.2. The number of likely N-dealkylation sites (tertiary alicyclic amines) is 1. The number of benzene rings is 1. The van der Waals surface area contributed by atoms with Crippen LogP contribution in [0.2, 0.25) is 0 Å². The van der Waals surface area contributed by atoms with Crippen LogP contribution in [0.1, 0.15) is 18.4 Å². The average Bonchev–Trinajstić information content (AvgIpc) is 2.63. The molecule has 2 aliphatic heterocycles. The second kappa shape index (κ2) is 9.53. The van der Waals surface area contributed by atoms with Gasteiger partial charge in [0.25, 0.3) is 0 Å². The number of aliphatic hydroxyl groups excluding tert-OH is 1. The third-order valence-corrected chi connectivity index (χ3v) is 5.23. The van der Waals surface area contributed by atoms with Crippen molar-refractivity contribution >= 4 is 0 Å². The molecule has 5 nitrogen and oxygen atoms in total. The van der Waals surface area contributed by atoms with Gasteiger partial charge in [-0.2, -0.15) is 0 Å². The van der Waals surface area contributed by atoms with Gasteiger partial charge in [0.1, 0.15) is 18.5 Å². The van der Waals surface area contributed by atoms with Crippen LogP contribution in [0.5, 0.6) is 5.75 Å². The zero-order chi connectivity index (χ0) is 17.5. The number of aliphatic hydroxyl groups is 1. The van der Waals surface area contributed by atoms with Gasteiger partial charge in [-0.1, -0.05) is 12.1 Å². The maximum absolute atomic E-state index is 10.3. The van der Waals surface area contributed by atoms with Crippen LogP contribution in [-0.4, -0.2) is 80.1 Å². The van der Waals surface area contributed by atoms with E-state index in [9.17, 15) is 5.11 Å². The van der Waals surface area contributed by atoms with Gasteiger partial charge >= 0.3 is 0 Å². The highest BCUT2D eigenvalue weighted by Gasteiger charge is 2.23. The van der Waals surface area contributed by atoms with Crippen LogP contribution in [0.15, 0.2) is 24.3 Å². The van der Waals surface area contributed by atoms with E-state index in [4.69, 9.17) is 9.47 Å². The molecule has 2 heterocycles. The minimum Gasteiger partial charge on any atom is -0.491 e. The minimum absolute atomic E-state index is 0.358. The fourth-order valence-corrected chi connectivity index (χ4v) is 3.75. The first-order valence-corrected chi connectivity index (χ1v) is 9.59. The van der Waals surface area contributed by atoms with Crippen LogP contribution in [-0.2, 0) is 4.74 Å². The Morgan fingerprint density at radius 2 is 1.92 bits per heavy atom. The second-order valence-corrected chi connectivity index (χ2v) is 7.44. The highest BCUT2D eigenvalue weighted by molar-refractivity contribution is 5.27. The number of aryl methyl sites for hydroxylation is 1. The summed E-state index contributed by atoms with van der Waals surface area (Å²) in [6.07, 6.45) is 2.02. The summed E-state index contributed by atoms with van der Waals surface area (Å²) in [4.78, 5) is 4.91. The number of morpholine rings is 1. The first kappa shape index (κ1) is 18.6. The van der Waals surface area contributed by atoms with Gasteiger partial charge in [0.2, 0.25) is 0 Å². The van der Waals surface area contributed by atoms with Crippen molar-refractivity contribution in [2.45, 2.75) is 25.9 Å². The lowest BCUT2D eigenvalue weighted by atomic mass is 9.96. The molecule has 0 radical (unpaired) electrons. The summed E-state index contributed by atoms with van der Waals surface area (Å²) in [6, 6.07) is 7.97. The van der Waals surface area contributed by atoms with Crippen molar-refractivity contribution in [3.8, 4) is 5.75 Å². The molecule has 3 rings (SSSR count). The molecule has 2 saturated heterocycles. The summed E-state index contributed by atoms with van der Waals surface area (Å²) >= 11 is 0. The quantitative estimate of drug-likeness (QED) is 0.814. The van der Waals surface area contributed by atoms with E-state index in [1.165, 1.54) is 24.9 Å². The number of β-amino-alcohol motifs (C(OH)–C–C–N with tert-alkyl or cyclic N) is 1. The Hall–Kier alpha value is -1.14. The highest BCUT2D eigenvalue weighted by Crippen LogP contribution is 2.19. The normalized spacial score (nSPS) is 22.0. The van der Waals surface area contributed by atoms with Gasteiger partial charge in [0.15, 0.2) is 0 Å². The van der Waals surface area contributed by atoms with E-state index >= 15 is 0 Å². The second-order valence-electron chi connectivity index (χ2n) is 7.44. The monoisotopic (exact) mass is 348 g/mol. The van der Waals surface area contributed by atoms with Gasteiger partial charge < -0.3 is 19.5 Å². The molecule has 1 aromatic rings. The largest absolute Gasteiger partial charge is 0.491 e. The highest BCUT2D eigenvalue weighted by atomic mass is 16.5. The molecule has 1 N–H and O–H groups in total. The Balaban J connectivity index is 1.32. The van der Waals surface area contributed by atoms with Gasteiger partial charge in [0.05, 0.1) is 13.2 Å². The Kier molecular flexibility index (Phi) is 7.11. The van der Waals surface area contributed by atoms with E-state index in [1.54, 1.807) is 0 Å². The summed E-state index contributed by atoms with van der Waals surface area (Å²) in [5.74, 6) is 1.62. The summed E-state index contributed by atoms with van der Waals surface area (Å²) in [5.41, 5.74) is 1.18. The number of hydrogen-bond donors (Lipinski definition) is 1. The summed E-state index contributed by atoms with van der Waals surface area (Å²) in [6.45, 7) is 10.4. The molecular weight excluding hydrogens is 316 g/mol. The molecule has 0 saturated carbocycles. The molecule has 0 aromatic heterocycles.